The van der Waals surface area contributed by atoms with Gasteiger partial charge >= 0.3 is 0 Å². The highest BCUT2D eigenvalue weighted by molar-refractivity contribution is 8.00. The van der Waals surface area contributed by atoms with Crippen LogP contribution in [0.15, 0.2) is 77.7 Å². The van der Waals surface area contributed by atoms with E-state index in [9.17, 15) is 4.79 Å². The largest absolute Gasteiger partial charge is 0.497 e. The van der Waals surface area contributed by atoms with E-state index < -0.39 is 0 Å². The lowest BCUT2D eigenvalue weighted by molar-refractivity contribution is 0.102. The Bertz CT molecular complexity index is 987. The first-order valence-corrected chi connectivity index (χ1v) is 10.5. The molecule has 0 amide bonds. The Morgan fingerprint density at radius 1 is 0.966 bits per heavy atom. The first-order valence-electron chi connectivity index (χ1n) is 9.08. The van der Waals surface area contributed by atoms with Gasteiger partial charge in [-0.15, -0.1) is 11.8 Å². The van der Waals surface area contributed by atoms with Gasteiger partial charge in [0, 0.05) is 21.8 Å². The van der Waals surface area contributed by atoms with Crippen molar-refractivity contribution in [2.75, 3.05) is 23.5 Å². The smallest absolute Gasteiger partial charge is 0.175 e. The Morgan fingerprint density at radius 2 is 1.66 bits per heavy atom. The van der Waals surface area contributed by atoms with Crippen LogP contribution in [-0.4, -0.2) is 23.8 Å². The molecule has 0 aliphatic heterocycles. The summed E-state index contributed by atoms with van der Waals surface area (Å²) in [6, 6.07) is 23.0. The van der Waals surface area contributed by atoms with Crippen LogP contribution in [0.1, 0.15) is 15.9 Å². The van der Waals surface area contributed by atoms with Crippen LogP contribution < -0.4 is 15.4 Å². The van der Waals surface area contributed by atoms with Crippen molar-refractivity contribution in [2.45, 2.75) is 11.8 Å². The number of methoxy groups -OCH3 is 1. The molecule has 0 unspecified atom stereocenters. The molecular formula is C23H22N2O2S2. The number of thiocarbonyl (C=S) groups is 1. The number of Topliss-reactive ketones (excluding diaryl/α,β-unsaturated/α-hetero) is 1. The molecule has 0 spiro atoms. The summed E-state index contributed by atoms with van der Waals surface area (Å²) >= 11 is 6.89. The second kappa shape index (κ2) is 10.1. The molecule has 0 atom stereocenters. The van der Waals surface area contributed by atoms with Crippen LogP contribution in [0.25, 0.3) is 0 Å². The van der Waals surface area contributed by atoms with E-state index in [0.29, 0.717) is 16.4 Å². The number of benzene rings is 3. The number of carbonyl (C=O) groups is 1. The van der Waals surface area contributed by atoms with Crippen molar-refractivity contribution in [1.82, 2.24) is 0 Å². The predicted octanol–water partition coefficient (Wildman–Crippen LogP) is 5.79. The minimum Gasteiger partial charge on any atom is -0.497 e. The number of ether oxygens (including phenoxy) is 1. The Labute approximate surface area is 180 Å². The number of thioether (sulfide) groups is 1. The van der Waals surface area contributed by atoms with E-state index in [1.54, 1.807) is 31.4 Å². The van der Waals surface area contributed by atoms with Crippen molar-refractivity contribution in [3.63, 3.8) is 0 Å². The number of aryl methyl sites for hydroxylation is 1. The Hall–Kier alpha value is -2.83. The van der Waals surface area contributed by atoms with E-state index in [4.69, 9.17) is 17.0 Å². The monoisotopic (exact) mass is 422 g/mol. The van der Waals surface area contributed by atoms with Crippen LogP contribution in [0.3, 0.4) is 0 Å². The van der Waals surface area contributed by atoms with Crippen LogP contribution in [0, 0.1) is 6.92 Å². The fourth-order valence-corrected chi connectivity index (χ4v) is 3.69. The van der Waals surface area contributed by atoms with Gasteiger partial charge in [-0.25, -0.2) is 0 Å². The fraction of sp³-hybridized carbons (Fsp3) is 0.130. The minimum absolute atomic E-state index is 0.0765. The molecule has 3 aromatic rings. The third-order valence-corrected chi connectivity index (χ3v) is 5.38. The quantitative estimate of drug-likeness (QED) is 0.286. The van der Waals surface area contributed by atoms with Crippen LogP contribution in [0.2, 0.25) is 0 Å². The Morgan fingerprint density at radius 3 is 2.34 bits per heavy atom. The molecule has 0 saturated heterocycles. The Balaban J connectivity index is 1.55. The lowest BCUT2D eigenvalue weighted by Gasteiger charge is -2.11. The topological polar surface area (TPSA) is 50.4 Å². The summed E-state index contributed by atoms with van der Waals surface area (Å²) in [6.45, 7) is 2.04. The second-order valence-corrected chi connectivity index (χ2v) is 7.87. The van der Waals surface area contributed by atoms with Crippen molar-refractivity contribution < 1.29 is 9.53 Å². The molecule has 0 aliphatic carbocycles. The highest BCUT2D eigenvalue weighted by Gasteiger charge is 2.08. The molecular weight excluding hydrogens is 400 g/mol. The van der Waals surface area contributed by atoms with Gasteiger partial charge < -0.3 is 15.4 Å². The van der Waals surface area contributed by atoms with Crippen molar-refractivity contribution in [3.8, 4) is 5.75 Å². The maximum absolute atomic E-state index is 12.4. The zero-order valence-electron chi connectivity index (χ0n) is 16.3. The molecule has 0 bridgehead atoms. The Kier molecular flexibility index (Phi) is 7.27. The normalized spacial score (nSPS) is 10.3. The second-order valence-electron chi connectivity index (χ2n) is 6.41. The third-order valence-electron chi connectivity index (χ3n) is 4.18. The molecule has 29 heavy (non-hydrogen) atoms. The van der Waals surface area contributed by atoms with E-state index in [1.165, 1.54) is 17.3 Å². The van der Waals surface area contributed by atoms with Crippen molar-refractivity contribution in [2.24, 2.45) is 0 Å². The number of hydrogen-bond donors (Lipinski definition) is 2. The van der Waals surface area contributed by atoms with E-state index in [0.717, 1.165) is 22.0 Å². The molecule has 3 aromatic carbocycles. The van der Waals surface area contributed by atoms with E-state index in [2.05, 4.69) is 10.6 Å². The molecule has 0 heterocycles. The van der Waals surface area contributed by atoms with Gasteiger partial charge in [-0.1, -0.05) is 23.8 Å². The molecule has 3 rings (SSSR count). The van der Waals surface area contributed by atoms with Gasteiger partial charge in [0.2, 0.25) is 0 Å². The zero-order valence-corrected chi connectivity index (χ0v) is 17.9. The molecule has 0 fully saturated rings. The summed E-state index contributed by atoms with van der Waals surface area (Å²) in [6.07, 6.45) is 0. The number of hydrogen-bond acceptors (Lipinski definition) is 4. The summed E-state index contributed by atoms with van der Waals surface area (Å²) in [5, 5.41) is 6.87. The number of carbonyl (C=O) groups excluding carboxylic acids is 1. The van der Waals surface area contributed by atoms with E-state index >= 15 is 0 Å². The van der Waals surface area contributed by atoms with Gasteiger partial charge in [-0.2, -0.15) is 0 Å². The van der Waals surface area contributed by atoms with Gasteiger partial charge in [-0.3, -0.25) is 4.79 Å². The summed E-state index contributed by atoms with van der Waals surface area (Å²) in [4.78, 5) is 13.4. The summed E-state index contributed by atoms with van der Waals surface area (Å²) in [5.41, 5.74) is 3.68. The molecule has 4 nitrogen and oxygen atoms in total. The van der Waals surface area contributed by atoms with Crippen LogP contribution in [-0.2, 0) is 0 Å². The fourth-order valence-electron chi connectivity index (χ4n) is 2.60. The lowest BCUT2D eigenvalue weighted by atomic mass is 10.1. The summed E-state index contributed by atoms with van der Waals surface area (Å²) in [5.74, 6) is 1.18. The highest BCUT2D eigenvalue weighted by atomic mass is 32.2. The van der Waals surface area contributed by atoms with Gasteiger partial charge in [-0.05, 0) is 73.7 Å². The molecule has 148 valence electrons. The van der Waals surface area contributed by atoms with Crippen molar-refractivity contribution in [1.29, 1.82) is 0 Å². The first-order chi connectivity index (χ1) is 14.0. The lowest BCUT2D eigenvalue weighted by Crippen LogP contribution is -2.18. The maximum atomic E-state index is 12.4. The van der Waals surface area contributed by atoms with Crippen molar-refractivity contribution in [3.05, 3.63) is 83.9 Å². The molecule has 6 heteroatoms. The first kappa shape index (κ1) is 20.9. The van der Waals surface area contributed by atoms with E-state index in [-0.39, 0.29) is 5.78 Å². The van der Waals surface area contributed by atoms with E-state index in [1.807, 2.05) is 55.5 Å². The molecule has 0 aromatic heterocycles. The molecule has 0 saturated carbocycles. The minimum atomic E-state index is 0.0765. The SMILES string of the molecule is COc1ccc(C(=O)CSc2cccc(NC(=S)Nc3ccc(C)cc3)c2)cc1. The molecule has 0 aliphatic rings. The predicted molar refractivity (Wildman–Crippen MR) is 126 cm³/mol. The summed E-state index contributed by atoms with van der Waals surface area (Å²) in [7, 11) is 1.61. The van der Waals surface area contributed by atoms with Gasteiger partial charge in [0.25, 0.3) is 0 Å². The summed E-state index contributed by atoms with van der Waals surface area (Å²) < 4.78 is 5.13. The van der Waals surface area contributed by atoms with Gasteiger partial charge in [0.05, 0.1) is 12.9 Å². The number of nitrogens with one attached hydrogen (secondary N) is 2. The number of rotatable bonds is 7. The highest BCUT2D eigenvalue weighted by Crippen LogP contribution is 2.23. The average Bonchev–Trinajstić information content (AvgIpc) is 2.74. The average molecular weight is 423 g/mol. The maximum Gasteiger partial charge on any atom is 0.175 e. The standard InChI is InChI=1S/C23H22N2O2S2/c1-16-6-10-18(11-7-16)24-23(28)25-19-4-3-5-21(14-19)29-15-22(26)17-8-12-20(27-2)13-9-17/h3-14H,15H2,1-2H3,(H2,24,25,28). The van der Waals surface area contributed by atoms with Crippen molar-refractivity contribution >= 4 is 46.3 Å². The zero-order chi connectivity index (χ0) is 20.6. The number of ketones is 1. The van der Waals surface area contributed by atoms with Crippen LogP contribution in [0.5, 0.6) is 5.75 Å². The van der Waals surface area contributed by atoms with Gasteiger partial charge in [0.15, 0.2) is 10.9 Å². The molecule has 2 N–H and O–H groups in total. The van der Waals surface area contributed by atoms with Gasteiger partial charge in [0.1, 0.15) is 5.75 Å². The van der Waals surface area contributed by atoms with Crippen LogP contribution >= 0.6 is 24.0 Å². The molecule has 0 radical (unpaired) electrons. The third kappa shape index (κ3) is 6.34. The number of anilines is 2. The van der Waals surface area contributed by atoms with Crippen LogP contribution in [0.4, 0.5) is 11.4 Å².